The van der Waals surface area contributed by atoms with Gasteiger partial charge >= 0.3 is 5.97 Å². The smallest absolute Gasteiger partial charge is 0.338 e. The Hall–Kier alpha value is -3.41. The second-order valence-corrected chi connectivity index (χ2v) is 6.71. The summed E-state index contributed by atoms with van der Waals surface area (Å²) >= 11 is 0. The van der Waals surface area contributed by atoms with Crippen molar-refractivity contribution in [1.82, 2.24) is 9.97 Å². The number of anilines is 4. The van der Waals surface area contributed by atoms with Gasteiger partial charge in [-0.15, -0.1) is 0 Å². The van der Waals surface area contributed by atoms with Crippen molar-refractivity contribution in [2.75, 3.05) is 16.8 Å². The Morgan fingerprint density at radius 3 is 2.75 bits per heavy atom. The van der Waals surface area contributed by atoms with Gasteiger partial charge in [0.2, 0.25) is 5.95 Å². The number of ether oxygens (including phenoxy) is 1. The van der Waals surface area contributed by atoms with E-state index in [0.717, 1.165) is 17.9 Å². The van der Waals surface area contributed by atoms with Crippen LogP contribution in [0.25, 0.3) is 0 Å². The molecule has 1 atom stereocenters. The van der Waals surface area contributed by atoms with Gasteiger partial charge in [-0.2, -0.15) is 4.98 Å². The van der Waals surface area contributed by atoms with Crippen LogP contribution in [0.2, 0.25) is 0 Å². The van der Waals surface area contributed by atoms with Crippen LogP contribution < -0.4 is 10.2 Å². The summed E-state index contributed by atoms with van der Waals surface area (Å²) in [7, 11) is 0. The number of nitrogens with one attached hydrogen (secondary N) is 1. The number of benzene rings is 2. The molecule has 6 heteroatoms. The molecule has 0 saturated heterocycles. The van der Waals surface area contributed by atoms with Gasteiger partial charge in [0.15, 0.2) is 0 Å². The van der Waals surface area contributed by atoms with Crippen molar-refractivity contribution in [3.05, 3.63) is 71.9 Å². The predicted octanol–water partition coefficient (Wildman–Crippen LogP) is 4.48. The first-order valence-corrected chi connectivity index (χ1v) is 9.40. The molecule has 0 saturated carbocycles. The average Bonchev–Trinajstić information content (AvgIpc) is 3.04. The average molecular weight is 374 g/mol. The maximum atomic E-state index is 11.8. The van der Waals surface area contributed by atoms with Crippen LogP contribution in [0.1, 0.15) is 29.8 Å². The highest BCUT2D eigenvalue weighted by molar-refractivity contribution is 5.89. The molecule has 1 N–H and O–H groups in total. The number of nitrogens with zero attached hydrogens (tertiary/aromatic N) is 3. The van der Waals surface area contributed by atoms with Gasteiger partial charge in [0, 0.05) is 23.6 Å². The third-order valence-corrected chi connectivity index (χ3v) is 4.75. The highest BCUT2D eigenvalue weighted by Crippen LogP contribution is 2.37. The van der Waals surface area contributed by atoms with Gasteiger partial charge in [0.1, 0.15) is 5.82 Å². The van der Waals surface area contributed by atoms with Gasteiger partial charge in [-0.05, 0) is 62.2 Å². The van der Waals surface area contributed by atoms with Crippen molar-refractivity contribution >= 4 is 29.1 Å². The van der Waals surface area contributed by atoms with Crippen LogP contribution >= 0.6 is 0 Å². The van der Waals surface area contributed by atoms with E-state index in [1.54, 1.807) is 25.3 Å². The molecule has 0 spiro atoms. The summed E-state index contributed by atoms with van der Waals surface area (Å²) in [6.45, 7) is 4.35. The molecule has 3 aromatic rings. The molecule has 2 aromatic carbocycles. The van der Waals surface area contributed by atoms with Crippen LogP contribution in [-0.4, -0.2) is 28.6 Å². The van der Waals surface area contributed by atoms with E-state index in [2.05, 4.69) is 46.4 Å². The van der Waals surface area contributed by atoms with Crippen LogP contribution in [0.15, 0.2) is 60.8 Å². The molecule has 1 aliphatic rings. The number of esters is 1. The van der Waals surface area contributed by atoms with Crippen molar-refractivity contribution in [3.8, 4) is 0 Å². The monoisotopic (exact) mass is 374 g/mol. The fraction of sp³-hybridized carbons (Fsp3) is 0.227. The molecule has 1 aromatic heterocycles. The first-order valence-electron chi connectivity index (χ1n) is 9.40. The molecule has 1 unspecified atom stereocenters. The van der Waals surface area contributed by atoms with Gasteiger partial charge in [0.25, 0.3) is 0 Å². The highest BCUT2D eigenvalue weighted by Gasteiger charge is 2.27. The molecule has 0 radical (unpaired) electrons. The zero-order chi connectivity index (χ0) is 19.5. The fourth-order valence-corrected chi connectivity index (χ4v) is 3.49. The van der Waals surface area contributed by atoms with E-state index in [1.807, 2.05) is 18.2 Å². The minimum Gasteiger partial charge on any atom is -0.462 e. The lowest BCUT2D eigenvalue weighted by Gasteiger charge is -2.24. The molecule has 0 amide bonds. The molecule has 6 nitrogen and oxygen atoms in total. The Morgan fingerprint density at radius 1 is 1.18 bits per heavy atom. The highest BCUT2D eigenvalue weighted by atomic mass is 16.5. The van der Waals surface area contributed by atoms with Crippen LogP contribution in [0.4, 0.5) is 23.1 Å². The van der Waals surface area contributed by atoms with Crippen LogP contribution in [0, 0.1) is 0 Å². The number of rotatable bonds is 5. The minimum atomic E-state index is -0.325. The summed E-state index contributed by atoms with van der Waals surface area (Å²) in [5.74, 6) is 1.05. The van der Waals surface area contributed by atoms with E-state index in [0.29, 0.717) is 24.2 Å². The molecule has 2 heterocycles. The van der Waals surface area contributed by atoms with E-state index in [9.17, 15) is 4.79 Å². The lowest BCUT2D eigenvalue weighted by Crippen LogP contribution is -2.25. The van der Waals surface area contributed by atoms with Crippen LogP contribution in [-0.2, 0) is 11.2 Å². The minimum absolute atomic E-state index is 0.325. The number of para-hydroxylation sites is 1. The van der Waals surface area contributed by atoms with Crippen molar-refractivity contribution in [3.63, 3.8) is 0 Å². The quantitative estimate of drug-likeness (QED) is 0.664. The maximum Gasteiger partial charge on any atom is 0.338 e. The number of fused-ring (bicyclic) bond motifs is 1. The van der Waals surface area contributed by atoms with Gasteiger partial charge in [-0.3, -0.25) is 0 Å². The largest absolute Gasteiger partial charge is 0.462 e. The van der Waals surface area contributed by atoms with E-state index in [1.165, 1.54) is 11.3 Å². The van der Waals surface area contributed by atoms with Crippen molar-refractivity contribution in [1.29, 1.82) is 0 Å². The van der Waals surface area contributed by atoms with Crippen molar-refractivity contribution in [2.45, 2.75) is 26.3 Å². The summed E-state index contributed by atoms with van der Waals surface area (Å²) in [5.41, 5.74) is 3.85. The van der Waals surface area contributed by atoms with E-state index in [-0.39, 0.29) is 5.97 Å². The van der Waals surface area contributed by atoms with Crippen LogP contribution in [0.3, 0.4) is 0 Å². The molecule has 142 valence electrons. The Bertz CT molecular complexity index is 988. The normalized spacial score (nSPS) is 15.2. The summed E-state index contributed by atoms with van der Waals surface area (Å²) in [5, 5.41) is 3.20. The van der Waals surface area contributed by atoms with Crippen molar-refractivity contribution in [2.24, 2.45) is 0 Å². The van der Waals surface area contributed by atoms with Gasteiger partial charge < -0.3 is 15.0 Å². The van der Waals surface area contributed by atoms with Gasteiger partial charge in [0.05, 0.1) is 12.2 Å². The lowest BCUT2D eigenvalue weighted by molar-refractivity contribution is 0.0526. The third kappa shape index (κ3) is 3.53. The number of aromatic nitrogens is 2. The summed E-state index contributed by atoms with van der Waals surface area (Å²) in [6, 6.07) is 17.8. The fourth-order valence-electron chi connectivity index (χ4n) is 3.49. The van der Waals surface area contributed by atoms with E-state index < -0.39 is 0 Å². The molecule has 0 bridgehead atoms. The Morgan fingerprint density at radius 2 is 1.96 bits per heavy atom. The lowest BCUT2D eigenvalue weighted by atomic mass is 10.1. The number of hydrogen-bond donors (Lipinski definition) is 1. The van der Waals surface area contributed by atoms with Crippen molar-refractivity contribution < 1.29 is 9.53 Å². The number of carbonyl (C=O) groups is 1. The standard InChI is InChI=1S/C22H22N4O2/c1-3-28-21(27)16-8-10-18(11-9-16)24-22-23-13-12-20(25-22)26-15(2)14-17-6-4-5-7-19(17)26/h4-13,15H,3,14H2,1-2H3,(H,23,24,25). The SMILES string of the molecule is CCOC(=O)c1ccc(Nc2nccc(N3c4ccccc4CC3C)n2)cc1. The Labute approximate surface area is 164 Å². The molecular formula is C22H22N4O2. The second-order valence-electron chi connectivity index (χ2n) is 6.71. The molecule has 28 heavy (non-hydrogen) atoms. The predicted molar refractivity (Wildman–Crippen MR) is 109 cm³/mol. The Balaban J connectivity index is 1.54. The molecule has 1 aliphatic heterocycles. The maximum absolute atomic E-state index is 11.8. The second kappa shape index (κ2) is 7.68. The molecular weight excluding hydrogens is 352 g/mol. The first-order chi connectivity index (χ1) is 13.7. The number of carbonyl (C=O) groups excluding carboxylic acids is 1. The summed E-state index contributed by atoms with van der Waals surface area (Å²) < 4.78 is 5.01. The first kappa shape index (κ1) is 18.0. The van der Waals surface area contributed by atoms with E-state index in [4.69, 9.17) is 9.72 Å². The van der Waals surface area contributed by atoms with E-state index >= 15 is 0 Å². The molecule has 0 aliphatic carbocycles. The van der Waals surface area contributed by atoms with Gasteiger partial charge in [-0.1, -0.05) is 18.2 Å². The zero-order valence-electron chi connectivity index (χ0n) is 15.9. The summed E-state index contributed by atoms with van der Waals surface area (Å²) in [4.78, 5) is 23.0. The van der Waals surface area contributed by atoms with Gasteiger partial charge in [-0.25, -0.2) is 9.78 Å². The molecule has 4 rings (SSSR count). The zero-order valence-corrected chi connectivity index (χ0v) is 15.9. The molecule has 0 fully saturated rings. The topological polar surface area (TPSA) is 67.3 Å². The summed E-state index contributed by atoms with van der Waals surface area (Å²) in [6.07, 6.45) is 2.75. The Kier molecular flexibility index (Phi) is 4.93. The number of hydrogen-bond acceptors (Lipinski definition) is 6. The van der Waals surface area contributed by atoms with Crippen LogP contribution in [0.5, 0.6) is 0 Å². The third-order valence-electron chi connectivity index (χ3n) is 4.75.